The molecule has 292 valence electrons. The number of rotatable bonds is 13. The van der Waals surface area contributed by atoms with Crippen LogP contribution in [-0.2, 0) is 24.4 Å². The minimum absolute atomic E-state index is 0.0321. The molecule has 14 nitrogen and oxygen atoms in total. The number of amides is 4. The summed E-state index contributed by atoms with van der Waals surface area (Å²) >= 11 is 0. The zero-order valence-electron chi connectivity index (χ0n) is 31.5. The molecule has 5 atom stereocenters. The quantitative estimate of drug-likeness (QED) is 0.179. The molecule has 15 heteroatoms. The molecule has 4 N–H and O–H groups in total. The lowest BCUT2D eigenvalue weighted by atomic mass is 9.85. The Morgan fingerprint density at radius 3 is 2.35 bits per heavy atom. The van der Waals surface area contributed by atoms with E-state index in [4.69, 9.17) is 14.5 Å². The van der Waals surface area contributed by atoms with Crippen molar-refractivity contribution in [3.63, 3.8) is 0 Å². The number of carbonyl (C=O) groups is 4. The second-order valence-electron chi connectivity index (χ2n) is 15.7. The predicted octanol–water partition coefficient (Wildman–Crippen LogP) is 4.56. The normalized spacial score (nSPS) is 23.2. The summed E-state index contributed by atoms with van der Waals surface area (Å²) < 4.78 is 39.7. The van der Waals surface area contributed by atoms with Gasteiger partial charge in [-0.3, -0.25) is 19.1 Å². The highest BCUT2D eigenvalue weighted by atomic mass is 32.2. The van der Waals surface area contributed by atoms with Crippen LogP contribution in [0.25, 0.3) is 22.2 Å². The number of nitrogens with zero attached hydrogens (tertiary/aromatic N) is 2. The zero-order valence-corrected chi connectivity index (χ0v) is 32.4. The largest absolute Gasteiger partial charge is 0.497 e. The molecule has 3 aliphatic rings. The van der Waals surface area contributed by atoms with Crippen LogP contribution in [0.5, 0.6) is 11.5 Å². The number of aromatic nitrogens is 1. The molecule has 3 fully saturated rings. The molecular formula is C40H47N5O9S. The monoisotopic (exact) mass is 773 g/mol. The molecule has 2 aliphatic carbocycles. The van der Waals surface area contributed by atoms with Gasteiger partial charge in [-0.2, -0.15) is 0 Å². The molecule has 55 heavy (non-hydrogen) atoms. The summed E-state index contributed by atoms with van der Waals surface area (Å²) in [7, 11) is -2.62. The molecule has 3 aromatic rings. The molecule has 2 heterocycles. The summed E-state index contributed by atoms with van der Waals surface area (Å²) in [6.07, 6.45) is -0.0156. The van der Waals surface area contributed by atoms with Gasteiger partial charge in [0.25, 0.3) is 5.91 Å². The Bertz CT molecular complexity index is 2180. The van der Waals surface area contributed by atoms with Crippen LogP contribution in [0.15, 0.2) is 79.4 Å². The summed E-state index contributed by atoms with van der Waals surface area (Å²) in [5.74, 6) is -1.87. The van der Waals surface area contributed by atoms with Crippen molar-refractivity contribution >= 4 is 44.7 Å². The maximum atomic E-state index is 14.4. The van der Waals surface area contributed by atoms with Gasteiger partial charge in [0.05, 0.1) is 24.9 Å². The Morgan fingerprint density at radius 2 is 1.78 bits per heavy atom. The van der Waals surface area contributed by atoms with Crippen molar-refractivity contribution in [3.05, 3.63) is 79.4 Å². The highest BCUT2D eigenvalue weighted by molar-refractivity contribution is 7.92. The van der Waals surface area contributed by atoms with Gasteiger partial charge in [0.1, 0.15) is 40.0 Å². The molecule has 4 amide bonds. The van der Waals surface area contributed by atoms with E-state index in [9.17, 15) is 32.7 Å². The van der Waals surface area contributed by atoms with E-state index in [0.717, 1.165) is 5.56 Å². The Kier molecular flexibility index (Phi) is 10.2. The van der Waals surface area contributed by atoms with Crippen molar-refractivity contribution in [2.45, 2.75) is 81.9 Å². The number of nitrogens with one attached hydrogen (secondary N) is 3. The van der Waals surface area contributed by atoms with Gasteiger partial charge in [0.2, 0.25) is 21.8 Å². The standard InChI is InChI=1S/C40H47N5O9S/c1-8-25-21-40(25,36(48)44-55(51,52)39(16-17-39)23(2)3)43-34(46)31-19-27(22-45(31)35(47)33(38(4,5)6)42-37(49)50)54-32-20-29(24-12-10-9-11-13-24)41-30-18-26(53-7)14-15-28(30)32/h8-15,18,20,25,27,31,33,42H,1-2,16-17,19,21-22H2,3-7H3,(H,43,46)(H,44,48)(H,49,50). The molecule has 1 aliphatic heterocycles. The number of hydrogen-bond donors (Lipinski definition) is 4. The topological polar surface area (TPSA) is 193 Å². The lowest BCUT2D eigenvalue weighted by Crippen LogP contribution is -2.60. The highest BCUT2D eigenvalue weighted by Crippen LogP contribution is 2.50. The fraction of sp³-hybridized carbons (Fsp3) is 0.425. The van der Waals surface area contributed by atoms with Crippen molar-refractivity contribution < 1.29 is 42.2 Å². The van der Waals surface area contributed by atoms with E-state index in [1.807, 2.05) is 30.3 Å². The number of carboxylic acid groups (broad SMARTS) is 1. The fourth-order valence-corrected chi connectivity index (χ4v) is 9.06. The van der Waals surface area contributed by atoms with E-state index in [1.165, 1.54) is 11.0 Å². The van der Waals surface area contributed by atoms with Gasteiger partial charge in [-0.05, 0) is 43.7 Å². The van der Waals surface area contributed by atoms with E-state index >= 15 is 0 Å². The van der Waals surface area contributed by atoms with E-state index in [2.05, 4.69) is 28.5 Å². The number of ether oxygens (including phenoxy) is 2. The Balaban J connectivity index is 1.34. The summed E-state index contributed by atoms with van der Waals surface area (Å²) in [5, 5.41) is 15.4. The molecule has 1 saturated heterocycles. The van der Waals surface area contributed by atoms with Crippen molar-refractivity contribution in [3.8, 4) is 22.8 Å². The van der Waals surface area contributed by atoms with Crippen molar-refractivity contribution in [1.82, 2.24) is 25.2 Å². The zero-order chi connectivity index (χ0) is 40.1. The first-order valence-corrected chi connectivity index (χ1v) is 19.5. The Labute approximate surface area is 320 Å². The van der Waals surface area contributed by atoms with Crippen LogP contribution >= 0.6 is 0 Å². The number of benzene rings is 2. The second-order valence-corrected chi connectivity index (χ2v) is 17.7. The van der Waals surface area contributed by atoms with Gasteiger partial charge in [-0.1, -0.05) is 69.3 Å². The maximum Gasteiger partial charge on any atom is 0.405 e. The summed E-state index contributed by atoms with van der Waals surface area (Å²) in [6.45, 7) is 14.2. The van der Waals surface area contributed by atoms with E-state index < -0.39 is 73.6 Å². The van der Waals surface area contributed by atoms with Gasteiger partial charge in [-0.15, -0.1) is 6.58 Å². The third-order valence-electron chi connectivity index (χ3n) is 10.8. The van der Waals surface area contributed by atoms with E-state index in [1.54, 1.807) is 59.1 Å². The number of likely N-dealkylation sites (tertiary alicyclic amines) is 1. The van der Waals surface area contributed by atoms with Gasteiger partial charge in [0.15, 0.2) is 0 Å². The fourth-order valence-electron chi connectivity index (χ4n) is 7.34. The molecule has 2 aromatic carbocycles. The molecule has 2 saturated carbocycles. The number of sulfonamides is 1. The number of fused-ring (bicyclic) bond motifs is 1. The predicted molar refractivity (Wildman–Crippen MR) is 206 cm³/mol. The van der Waals surface area contributed by atoms with Crippen LogP contribution in [0.3, 0.4) is 0 Å². The second kappa shape index (κ2) is 14.3. The molecular weight excluding hydrogens is 727 g/mol. The van der Waals surface area contributed by atoms with Crippen molar-refractivity contribution in [1.29, 1.82) is 0 Å². The van der Waals surface area contributed by atoms with Gasteiger partial charge in [-0.25, -0.2) is 18.2 Å². The lowest BCUT2D eigenvalue weighted by molar-refractivity contribution is -0.142. The SMILES string of the molecule is C=CC1CC1(NC(=O)C1CC(Oc2cc(-c3ccccc3)nc3cc(OC)ccc23)CN1C(=O)C(NC(=O)O)C(C)(C)C)C(=O)NS(=O)(=O)C1(C(=C)C)CC1. The van der Waals surface area contributed by atoms with Crippen LogP contribution in [0, 0.1) is 11.3 Å². The smallest absolute Gasteiger partial charge is 0.405 e. The molecule has 0 spiro atoms. The minimum atomic E-state index is -4.18. The number of hydrogen-bond acceptors (Lipinski definition) is 9. The van der Waals surface area contributed by atoms with Gasteiger partial charge >= 0.3 is 6.09 Å². The van der Waals surface area contributed by atoms with Gasteiger partial charge in [0, 0.05) is 35.4 Å². The van der Waals surface area contributed by atoms with E-state index in [-0.39, 0.29) is 19.4 Å². The first-order chi connectivity index (χ1) is 25.9. The molecule has 5 unspecified atom stereocenters. The third-order valence-corrected chi connectivity index (χ3v) is 13.1. The molecule has 6 rings (SSSR count). The van der Waals surface area contributed by atoms with Crippen LogP contribution < -0.4 is 24.8 Å². The number of carbonyl (C=O) groups excluding carboxylic acids is 3. The first kappa shape index (κ1) is 39.3. The minimum Gasteiger partial charge on any atom is -0.497 e. The Morgan fingerprint density at radius 1 is 1.09 bits per heavy atom. The molecule has 1 aromatic heterocycles. The van der Waals surface area contributed by atoms with Crippen LogP contribution in [0.2, 0.25) is 0 Å². The summed E-state index contributed by atoms with van der Waals surface area (Å²) in [4.78, 5) is 60.5. The lowest BCUT2D eigenvalue weighted by Gasteiger charge is -2.35. The number of methoxy groups -OCH3 is 1. The number of pyridine rings is 1. The van der Waals surface area contributed by atoms with Crippen LogP contribution in [-0.4, -0.2) is 89.4 Å². The molecule has 0 radical (unpaired) electrons. The third kappa shape index (κ3) is 7.49. The van der Waals surface area contributed by atoms with Gasteiger partial charge < -0.3 is 30.1 Å². The van der Waals surface area contributed by atoms with Crippen LogP contribution in [0.1, 0.15) is 53.4 Å². The van der Waals surface area contributed by atoms with E-state index in [0.29, 0.717) is 46.5 Å². The average Bonchev–Trinajstić information content (AvgIpc) is 4.05. The first-order valence-electron chi connectivity index (χ1n) is 18.0. The van der Waals surface area contributed by atoms with Crippen molar-refractivity contribution in [2.75, 3.05) is 13.7 Å². The molecule has 0 bridgehead atoms. The van der Waals surface area contributed by atoms with Crippen LogP contribution in [0.4, 0.5) is 4.79 Å². The van der Waals surface area contributed by atoms with Crippen molar-refractivity contribution in [2.24, 2.45) is 11.3 Å². The highest BCUT2D eigenvalue weighted by Gasteiger charge is 2.64. The Hall–Kier alpha value is -5.44. The average molecular weight is 774 g/mol. The summed E-state index contributed by atoms with van der Waals surface area (Å²) in [6, 6.07) is 14.1. The summed E-state index contributed by atoms with van der Waals surface area (Å²) in [5.41, 5.74) is -0.106. The maximum absolute atomic E-state index is 14.4.